The van der Waals surface area contributed by atoms with Crippen LogP contribution < -0.4 is 5.32 Å². The van der Waals surface area contributed by atoms with Gasteiger partial charge in [-0.1, -0.05) is 56.3 Å². The first-order chi connectivity index (χ1) is 9.35. The van der Waals surface area contributed by atoms with Crippen molar-refractivity contribution in [2.24, 2.45) is 0 Å². The Hall–Kier alpha value is -1.38. The minimum absolute atomic E-state index is 1.03. The highest BCUT2D eigenvalue weighted by Gasteiger charge is 2.06. The summed E-state index contributed by atoms with van der Waals surface area (Å²) in [6, 6.07) is 15.2. The third-order valence-electron chi connectivity index (χ3n) is 3.58. The van der Waals surface area contributed by atoms with Crippen LogP contribution in [0.3, 0.4) is 0 Å². The first-order valence-electron chi connectivity index (χ1n) is 7.24. The van der Waals surface area contributed by atoms with Gasteiger partial charge in [0.1, 0.15) is 0 Å². The number of rotatable bonds is 7. The van der Waals surface area contributed by atoms with Crippen molar-refractivity contribution in [2.75, 3.05) is 26.2 Å². The van der Waals surface area contributed by atoms with E-state index in [-0.39, 0.29) is 0 Å². The molecule has 0 fully saturated rings. The molecule has 19 heavy (non-hydrogen) atoms. The van der Waals surface area contributed by atoms with Crippen molar-refractivity contribution in [1.82, 2.24) is 10.2 Å². The van der Waals surface area contributed by atoms with Crippen LogP contribution in [-0.2, 0) is 6.54 Å². The van der Waals surface area contributed by atoms with Crippen LogP contribution in [0.2, 0.25) is 0 Å². The van der Waals surface area contributed by atoms with Crippen LogP contribution in [0.1, 0.15) is 19.4 Å². The Morgan fingerprint density at radius 2 is 1.79 bits per heavy atom. The second-order valence-electron chi connectivity index (χ2n) is 4.86. The number of fused-ring (bicyclic) bond motifs is 1. The topological polar surface area (TPSA) is 15.3 Å². The third kappa shape index (κ3) is 3.79. The maximum absolute atomic E-state index is 3.39. The Bertz CT molecular complexity index is 502. The van der Waals surface area contributed by atoms with E-state index in [1.807, 2.05) is 0 Å². The van der Waals surface area contributed by atoms with E-state index in [9.17, 15) is 0 Å². The predicted molar refractivity (Wildman–Crippen MR) is 83.4 cm³/mol. The Kier molecular flexibility index (Phi) is 5.37. The van der Waals surface area contributed by atoms with Crippen LogP contribution in [0.25, 0.3) is 10.8 Å². The Morgan fingerprint density at radius 1 is 1.00 bits per heavy atom. The van der Waals surface area contributed by atoms with Crippen molar-refractivity contribution in [1.29, 1.82) is 0 Å². The normalized spacial score (nSPS) is 11.3. The molecule has 0 saturated heterocycles. The molecule has 0 bridgehead atoms. The molecular weight excluding hydrogens is 232 g/mol. The molecule has 0 atom stereocenters. The zero-order valence-electron chi connectivity index (χ0n) is 12.0. The Morgan fingerprint density at radius 3 is 2.58 bits per heavy atom. The van der Waals surface area contributed by atoms with E-state index in [1.54, 1.807) is 0 Å². The third-order valence-corrected chi connectivity index (χ3v) is 3.58. The van der Waals surface area contributed by atoms with Crippen molar-refractivity contribution in [2.45, 2.75) is 20.4 Å². The summed E-state index contributed by atoms with van der Waals surface area (Å²) in [4.78, 5) is 2.49. The molecule has 2 heteroatoms. The molecule has 2 rings (SSSR count). The molecule has 0 saturated carbocycles. The lowest BCUT2D eigenvalue weighted by Crippen LogP contribution is -2.31. The molecule has 0 aliphatic carbocycles. The highest BCUT2D eigenvalue weighted by molar-refractivity contribution is 5.85. The van der Waals surface area contributed by atoms with Crippen LogP contribution in [-0.4, -0.2) is 31.1 Å². The molecule has 0 radical (unpaired) electrons. The first kappa shape index (κ1) is 14.0. The highest BCUT2D eigenvalue weighted by Crippen LogP contribution is 2.19. The van der Waals surface area contributed by atoms with Gasteiger partial charge in [-0.3, -0.25) is 4.90 Å². The summed E-state index contributed by atoms with van der Waals surface area (Å²) in [5.41, 5.74) is 1.43. The van der Waals surface area contributed by atoms with Gasteiger partial charge in [-0.05, 0) is 29.4 Å². The van der Waals surface area contributed by atoms with Gasteiger partial charge in [-0.15, -0.1) is 0 Å². The van der Waals surface area contributed by atoms with E-state index < -0.39 is 0 Å². The Labute approximate surface area is 116 Å². The van der Waals surface area contributed by atoms with Crippen LogP contribution in [0.5, 0.6) is 0 Å². The summed E-state index contributed by atoms with van der Waals surface area (Å²) in [5, 5.41) is 6.11. The van der Waals surface area contributed by atoms with E-state index >= 15 is 0 Å². The van der Waals surface area contributed by atoms with Gasteiger partial charge in [0.25, 0.3) is 0 Å². The Balaban J connectivity index is 2.10. The molecule has 0 amide bonds. The SMILES string of the molecule is CCNCCN(CC)Cc1cccc2ccccc12. The molecule has 102 valence electrons. The zero-order chi connectivity index (χ0) is 13.5. The summed E-state index contributed by atoms with van der Waals surface area (Å²) in [6.07, 6.45) is 0. The van der Waals surface area contributed by atoms with Gasteiger partial charge in [-0.2, -0.15) is 0 Å². The molecule has 0 spiro atoms. The summed E-state index contributed by atoms with van der Waals surface area (Å²) in [5.74, 6) is 0. The molecule has 1 N–H and O–H groups in total. The second-order valence-corrected chi connectivity index (χ2v) is 4.86. The second kappa shape index (κ2) is 7.27. The number of hydrogen-bond donors (Lipinski definition) is 1. The highest BCUT2D eigenvalue weighted by atomic mass is 15.1. The number of benzene rings is 2. The van der Waals surface area contributed by atoms with Crippen molar-refractivity contribution < 1.29 is 0 Å². The fraction of sp³-hybridized carbons (Fsp3) is 0.412. The lowest BCUT2D eigenvalue weighted by Gasteiger charge is -2.21. The molecule has 0 aromatic heterocycles. The van der Waals surface area contributed by atoms with Gasteiger partial charge in [0, 0.05) is 19.6 Å². The summed E-state index contributed by atoms with van der Waals surface area (Å²) in [7, 11) is 0. The molecule has 2 aromatic carbocycles. The van der Waals surface area contributed by atoms with Crippen LogP contribution in [0, 0.1) is 0 Å². The lowest BCUT2D eigenvalue weighted by atomic mass is 10.0. The van der Waals surface area contributed by atoms with Gasteiger partial charge in [0.2, 0.25) is 0 Å². The van der Waals surface area contributed by atoms with Gasteiger partial charge < -0.3 is 5.32 Å². The van der Waals surface area contributed by atoms with Crippen molar-refractivity contribution in [3.63, 3.8) is 0 Å². The van der Waals surface area contributed by atoms with E-state index in [0.717, 1.165) is 32.7 Å². The molecule has 0 unspecified atom stereocenters. The molecule has 2 nitrogen and oxygen atoms in total. The fourth-order valence-corrected chi connectivity index (χ4v) is 2.43. The standard InChI is InChI=1S/C17H24N2/c1-3-18-12-13-19(4-2)14-16-10-7-9-15-8-5-6-11-17(15)16/h5-11,18H,3-4,12-14H2,1-2H3. The lowest BCUT2D eigenvalue weighted by molar-refractivity contribution is 0.281. The van der Waals surface area contributed by atoms with E-state index in [2.05, 4.69) is 66.5 Å². The molecule has 2 aromatic rings. The maximum atomic E-state index is 3.39. The van der Waals surface area contributed by atoms with Crippen LogP contribution in [0.15, 0.2) is 42.5 Å². The van der Waals surface area contributed by atoms with Crippen molar-refractivity contribution in [3.05, 3.63) is 48.0 Å². The smallest absolute Gasteiger partial charge is 0.0240 e. The quantitative estimate of drug-likeness (QED) is 0.765. The van der Waals surface area contributed by atoms with Crippen LogP contribution in [0.4, 0.5) is 0 Å². The average molecular weight is 256 g/mol. The van der Waals surface area contributed by atoms with E-state index in [4.69, 9.17) is 0 Å². The molecule has 0 aliphatic rings. The van der Waals surface area contributed by atoms with E-state index in [1.165, 1.54) is 16.3 Å². The summed E-state index contributed by atoms with van der Waals surface area (Å²) < 4.78 is 0. The van der Waals surface area contributed by atoms with Gasteiger partial charge in [0.15, 0.2) is 0 Å². The van der Waals surface area contributed by atoms with Gasteiger partial charge in [0.05, 0.1) is 0 Å². The monoisotopic (exact) mass is 256 g/mol. The van der Waals surface area contributed by atoms with Crippen LogP contribution >= 0.6 is 0 Å². The number of nitrogens with one attached hydrogen (secondary N) is 1. The minimum atomic E-state index is 1.03. The van der Waals surface area contributed by atoms with Crippen molar-refractivity contribution >= 4 is 10.8 Å². The van der Waals surface area contributed by atoms with E-state index in [0.29, 0.717) is 0 Å². The first-order valence-corrected chi connectivity index (χ1v) is 7.24. The van der Waals surface area contributed by atoms with Gasteiger partial charge >= 0.3 is 0 Å². The molecular formula is C17H24N2. The predicted octanol–water partition coefficient (Wildman–Crippen LogP) is 3.27. The number of hydrogen-bond acceptors (Lipinski definition) is 2. The average Bonchev–Trinajstić information content (AvgIpc) is 2.46. The maximum Gasteiger partial charge on any atom is 0.0240 e. The zero-order valence-corrected chi connectivity index (χ0v) is 12.0. The minimum Gasteiger partial charge on any atom is -0.316 e. The fourth-order valence-electron chi connectivity index (χ4n) is 2.43. The summed E-state index contributed by atoms with van der Waals surface area (Å²) >= 11 is 0. The molecule has 0 heterocycles. The summed E-state index contributed by atoms with van der Waals surface area (Å²) in [6.45, 7) is 9.73. The van der Waals surface area contributed by atoms with Gasteiger partial charge in [-0.25, -0.2) is 0 Å². The largest absolute Gasteiger partial charge is 0.316 e. The van der Waals surface area contributed by atoms with Crippen molar-refractivity contribution in [3.8, 4) is 0 Å². The molecule has 0 aliphatic heterocycles. The number of likely N-dealkylation sites (N-methyl/N-ethyl adjacent to an activating group) is 2. The number of nitrogens with zero attached hydrogens (tertiary/aromatic N) is 1.